The van der Waals surface area contributed by atoms with Crippen LogP contribution in [0.15, 0.2) is 60.7 Å². The molecule has 0 heterocycles. The predicted molar refractivity (Wildman–Crippen MR) is 155 cm³/mol. The zero-order valence-corrected chi connectivity index (χ0v) is 23.7. The number of aliphatic hydroxyl groups excluding tert-OH is 2. The number of ether oxygens (including phenoxy) is 1. The molecule has 1 aliphatic rings. The quantitative estimate of drug-likeness (QED) is 0.236. The molecule has 1 aliphatic carbocycles. The number of amides is 1. The van der Waals surface area contributed by atoms with Gasteiger partial charge in [0.15, 0.2) is 0 Å². The summed E-state index contributed by atoms with van der Waals surface area (Å²) in [5.74, 6) is -1.00. The average molecular weight is 567 g/mol. The average Bonchev–Trinajstić information content (AvgIpc) is 2.96. The Bertz CT molecular complexity index is 1290. The molecular formula is C33H40F2N2O4. The van der Waals surface area contributed by atoms with Crippen LogP contribution in [0.4, 0.5) is 8.78 Å². The van der Waals surface area contributed by atoms with Crippen LogP contribution >= 0.6 is 0 Å². The molecule has 0 aliphatic heterocycles. The number of aliphatic hydroxyl groups is 2. The molecule has 0 saturated heterocycles. The minimum Gasteiger partial charge on any atom is -0.497 e. The van der Waals surface area contributed by atoms with Gasteiger partial charge in [0.25, 0.3) is 5.91 Å². The number of hydrogen-bond acceptors (Lipinski definition) is 5. The molecule has 0 bridgehead atoms. The van der Waals surface area contributed by atoms with Gasteiger partial charge in [0, 0.05) is 24.7 Å². The second-order valence-corrected chi connectivity index (χ2v) is 11.1. The Balaban J connectivity index is 1.49. The maximum absolute atomic E-state index is 13.9. The molecule has 3 atom stereocenters. The van der Waals surface area contributed by atoms with E-state index in [2.05, 4.69) is 10.6 Å². The summed E-state index contributed by atoms with van der Waals surface area (Å²) in [4.78, 5) is 13.5. The van der Waals surface area contributed by atoms with Crippen molar-refractivity contribution in [3.05, 3.63) is 100 Å². The second-order valence-electron chi connectivity index (χ2n) is 11.1. The number of carbonyl (C=O) groups is 1. The first-order valence-electron chi connectivity index (χ1n) is 14.3. The fourth-order valence-corrected chi connectivity index (χ4v) is 5.64. The molecule has 41 heavy (non-hydrogen) atoms. The van der Waals surface area contributed by atoms with Crippen LogP contribution in [-0.2, 0) is 13.0 Å². The lowest BCUT2D eigenvalue weighted by atomic mass is 9.82. The fourth-order valence-electron chi connectivity index (χ4n) is 5.64. The zero-order chi connectivity index (χ0) is 29.4. The van der Waals surface area contributed by atoms with Crippen molar-refractivity contribution >= 4 is 5.91 Å². The van der Waals surface area contributed by atoms with Crippen molar-refractivity contribution < 1.29 is 28.5 Å². The van der Waals surface area contributed by atoms with E-state index in [9.17, 15) is 23.8 Å². The predicted octanol–water partition coefficient (Wildman–Crippen LogP) is 5.39. The Morgan fingerprint density at radius 2 is 1.71 bits per heavy atom. The molecule has 1 unspecified atom stereocenters. The summed E-state index contributed by atoms with van der Waals surface area (Å²) in [6.07, 6.45) is 3.58. The molecule has 1 saturated carbocycles. The smallest absolute Gasteiger partial charge is 0.251 e. The lowest BCUT2D eigenvalue weighted by molar-refractivity contribution is 0.0819. The molecule has 3 aromatic carbocycles. The molecule has 0 spiro atoms. The van der Waals surface area contributed by atoms with Gasteiger partial charge >= 0.3 is 0 Å². The molecule has 220 valence electrons. The maximum atomic E-state index is 13.9. The standard InChI is InChI=1S/C33H40F2N2O4/c1-21-11-25(32(39)24-8-4-3-5-9-24)17-26(12-21)33(40)37-30(16-23-13-27(34)18-28(35)14-23)31(38)20-36-19-22-7-6-10-29(15-22)41-2/h6-7,10-15,17-18,24,30-32,36,38-39H,3-5,8-9,16,19-20H2,1-2H3,(H,37,40)/t30-,31-,32?/m0/s1. The zero-order valence-electron chi connectivity index (χ0n) is 23.7. The van der Waals surface area contributed by atoms with E-state index in [0.29, 0.717) is 29.0 Å². The Labute approximate surface area is 240 Å². The van der Waals surface area contributed by atoms with E-state index in [4.69, 9.17) is 4.74 Å². The number of rotatable bonds is 12. The maximum Gasteiger partial charge on any atom is 0.251 e. The van der Waals surface area contributed by atoms with Crippen molar-refractivity contribution in [3.8, 4) is 5.75 Å². The first kappa shape index (κ1) is 30.6. The van der Waals surface area contributed by atoms with Crippen LogP contribution in [0.25, 0.3) is 0 Å². The van der Waals surface area contributed by atoms with Crippen LogP contribution in [0.1, 0.15) is 70.8 Å². The van der Waals surface area contributed by atoms with Crippen molar-refractivity contribution in [1.29, 1.82) is 0 Å². The van der Waals surface area contributed by atoms with Crippen LogP contribution in [-0.4, -0.2) is 41.9 Å². The number of hydrogen-bond donors (Lipinski definition) is 4. The summed E-state index contributed by atoms with van der Waals surface area (Å²) in [5.41, 5.74) is 3.17. The normalized spacial score (nSPS) is 16.1. The summed E-state index contributed by atoms with van der Waals surface area (Å²) in [5, 5.41) is 28.3. The van der Waals surface area contributed by atoms with Gasteiger partial charge in [-0.15, -0.1) is 0 Å². The number of nitrogens with one attached hydrogen (secondary N) is 2. The van der Waals surface area contributed by atoms with E-state index < -0.39 is 35.8 Å². The van der Waals surface area contributed by atoms with E-state index in [1.165, 1.54) is 18.6 Å². The first-order chi connectivity index (χ1) is 19.7. The third-order valence-electron chi connectivity index (χ3n) is 7.78. The number of aryl methyl sites for hydroxylation is 1. The molecule has 0 radical (unpaired) electrons. The lowest BCUT2D eigenvalue weighted by Gasteiger charge is -2.28. The van der Waals surface area contributed by atoms with Crippen LogP contribution in [0, 0.1) is 24.5 Å². The fraction of sp³-hybridized carbons (Fsp3) is 0.424. The van der Waals surface area contributed by atoms with E-state index in [1.807, 2.05) is 37.3 Å². The molecule has 4 N–H and O–H groups in total. The number of methoxy groups -OCH3 is 1. The van der Waals surface area contributed by atoms with E-state index in [1.54, 1.807) is 19.2 Å². The third kappa shape index (κ3) is 8.83. The highest BCUT2D eigenvalue weighted by atomic mass is 19.1. The molecular weight excluding hydrogens is 526 g/mol. The largest absolute Gasteiger partial charge is 0.497 e. The molecule has 0 aromatic heterocycles. The highest BCUT2D eigenvalue weighted by molar-refractivity contribution is 5.94. The van der Waals surface area contributed by atoms with E-state index in [-0.39, 0.29) is 18.9 Å². The molecule has 8 heteroatoms. The SMILES string of the molecule is COc1cccc(CNC[C@H](O)[C@H](Cc2cc(F)cc(F)c2)NC(=O)c2cc(C)cc(C(O)C3CCCCC3)c2)c1. The van der Waals surface area contributed by atoms with Crippen molar-refractivity contribution in [1.82, 2.24) is 10.6 Å². The number of halogens is 2. The van der Waals surface area contributed by atoms with Gasteiger partial charge in [-0.2, -0.15) is 0 Å². The van der Waals surface area contributed by atoms with Gasteiger partial charge in [0.05, 0.1) is 25.4 Å². The summed E-state index contributed by atoms with van der Waals surface area (Å²) in [7, 11) is 1.59. The van der Waals surface area contributed by atoms with Gasteiger partial charge in [-0.1, -0.05) is 37.5 Å². The van der Waals surface area contributed by atoms with Crippen molar-refractivity contribution in [2.75, 3.05) is 13.7 Å². The minimum absolute atomic E-state index is 0.0196. The van der Waals surface area contributed by atoms with Gasteiger partial charge in [0.1, 0.15) is 17.4 Å². The molecule has 1 amide bonds. The molecule has 4 rings (SSSR count). The van der Waals surface area contributed by atoms with Crippen LogP contribution in [0.2, 0.25) is 0 Å². The summed E-state index contributed by atoms with van der Waals surface area (Å²) >= 11 is 0. The molecule has 1 fully saturated rings. The number of benzene rings is 3. The van der Waals surface area contributed by atoms with E-state index >= 15 is 0 Å². The van der Waals surface area contributed by atoms with Gasteiger partial charge in [-0.05, 0) is 90.8 Å². The summed E-state index contributed by atoms with van der Waals surface area (Å²) in [6.45, 7) is 2.45. The number of carbonyl (C=O) groups excluding carboxylic acids is 1. The third-order valence-corrected chi connectivity index (χ3v) is 7.78. The van der Waals surface area contributed by atoms with Gasteiger partial charge in [-0.3, -0.25) is 4.79 Å². The minimum atomic E-state index is -1.06. The molecule has 6 nitrogen and oxygen atoms in total. The Morgan fingerprint density at radius 1 is 0.976 bits per heavy atom. The summed E-state index contributed by atoms with van der Waals surface area (Å²) in [6, 6.07) is 15.2. The Kier molecular flexibility index (Phi) is 10.9. The summed E-state index contributed by atoms with van der Waals surface area (Å²) < 4.78 is 33.1. The Hall–Kier alpha value is -3.33. The monoisotopic (exact) mass is 566 g/mol. The lowest BCUT2D eigenvalue weighted by Crippen LogP contribution is -2.48. The van der Waals surface area contributed by atoms with Crippen LogP contribution < -0.4 is 15.4 Å². The van der Waals surface area contributed by atoms with Crippen molar-refractivity contribution in [2.24, 2.45) is 5.92 Å². The Morgan fingerprint density at radius 3 is 2.41 bits per heavy atom. The van der Waals surface area contributed by atoms with Gasteiger partial charge in [0.2, 0.25) is 0 Å². The molecule has 3 aromatic rings. The van der Waals surface area contributed by atoms with Gasteiger partial charge < -0.3 is 25.6 Å². The van der Waals surface area contributed by atoms with Gasteiger partial charge in [-0.25, -0.2) is 8.78 Å². The highest BCUT2D eigenvalue weighted by Crippen LogP contribution is 2.35. The van der Waals surface area contributed by atoms with Crippen LogP contribution in [0.5, 0.6) is 5.75 Å². The van der Waals surface area contributed by atoms with Crippen molar-refractivity contribution in [3.63, 3.8) is 0 Å². The second kappa shape index (κ2) is 14.5. The first-order valence-corrected chi connectivity index (χ1v) is 14.3. The van der Waals surface area contributed by atoms with E-state index in [0.717, 1.165) is 42.9 Å². The van der Waals surface area contributed by atoms with Crippen LogP contribution in [0.3, 0.4) is 0 Å². The van der Waals surface area contributed by atoms with Crippen molar-refractivity contribution in [2.45, 2.75) is 70.2 Å². The topological polar surface area (TPSA) is 90.8 Å². The highest BCUT2D eigenvalue weighted by Gasteiger charge is 2.26.